The Morgan fingerprint density at radius 1 is 1.36 bits per heavy atom. The smallest absolute Gasteiger partial charge is 0.256 e. The molecule has 1 aliphatic rings. The number of carbonyl (C=O) groups excluding carboxylic acids is 1. The quantitative estimate of drug-likeness (QED) is 0.915. The van der Waals surface area contributed by atoms with Gasteiger partial charge in [-0.25, -0.2) is 0 Å². The van der Waals surface area contributed by atoms with Crippen LogP contribution in [0.15, 0.2) is 35.3 Å². The van der Waals surface area contributed by atoms with Gasteiger partial charge in [-0.3, -0.25) is 9.59 Å². The molecule has 2 aromatic rings. The number of H-pyrrole nitrogens is 1. The van der Waals surface area contributed by atoms with Crippen LogP contribution >= 0.6 is 0 Å². The van der Waals surface area contributed by atoms with E-state index in [2.05, 4.69) is 10.3 Å². The highest BCUT2D eigenvalue weighted by Gasteiger charge is 2.18. The van der Waals surface area contributed by atoms with E-state index in [1.807, 2.05) is 26.0 Å². The average molecular weight is 302 g/mol. The molecule has 1 unspecified atom stereocenters. The van der Waals surface area contributed by atoms with Crippen LogP contribution in [0.5, 0.6) is 0 Å². The maximum atomic E-state index is 12.3. The lowest BCUT2D eigenvalue weighted by Gasteiger charge is -2.10. The number of benzene rings is 1. The number of nitrogens with one attached hydrogen (secondary N) is 2. The highest BCUT2D eigenvalue weighted by molar-refractivity contribution is 5.97. The first-order valence-electron chi connectivity index (χ1n) is 7.76. The molecule has 2 N–H and O–H groups in total. The van der Waals surface area contributed by atoms with Gasteiger partial charge in [0.15, 0.2) is 0 Å². The molecule has 0 saturated carbocycles. The molecule has 1 saturated heterocycles. The van der Waals surface area contributed by atoms with Crippen molar-refractivity contribution in [2.24, 2.45) is 0 Å². The number of aromatic nitrogens is 1. The van der Waals surface area contributed by atoms with E-state index in [0.29, 0.717) is 11.9 Å². The van der Waals surface area contributed by atoms with Crippen LogP contribution < -0.4 is 10.7 Å². The van der Waals surface area contributed by atoms with Crippen molar-refractivity contribution in [2.45, 2.75) is 32.8 Å². The largest absolute Gasteiger partial charge is 0.376 e. The summed E-state index contributed by atoms with van der Waals surface area (Å²) in [5.74, 6) is -0.354. The van der Waals surface area contributed by atoms with E-state index in [1.165, 1.54) is 6.20 Å². The minimum atomic E-state index is -0.354. The zero-order valence-corrected chi connectivity index (χ0v) is 13.0. The zero-order chi connectivity index (χ0) is 15.9. The van der Waals surface area contributed by atoms with E-state index in [4.69, 9.17) is 4.74 Å². The predicted molar refractivity (Wildman–Crippen MR) is 87.2 cm³/mol. The van der Waals surface area contributed by atoms with Crippen LogP contribution in [0.2, 0.25) is 0 Å². The molecule has 5 nitrogen and oxygen atoms in total. The summed E-state index contributed by atoms with van der Waals surface area (Å²) >= 11 is 0. The van der Waals surface area contributed by atoms with E-state index >= 15 is 0 Å². The Bertz CT molecular complexity index is 688. The summed E-state index contributed by atoms with van der Waals surface area (Å²) in [5.41, 5.74) is 0.624. The van der Waals surface area contributed by atoms with Gasteiger partial charge in [-0.15, -0.1) is 0 Å². The molecule has 5 heteroatoms. The molecular weight excluding hydrogens is 280 g/mol. The predicted octanol–water partition coefficient (Wildman–Crippen LogP) is 2.46. The van der Waals surface area contributed by atoms with Crippen molar-refractivity contribution >= 4 is 16.8 Å². The van der Waals surface area contributed by atoms with Crippen molar-refractivity contribution in [3.63, 3.8) is 0 Å². The lowest BCUT2D eigenvalue weighted by molar-refractivity contribution is 0.0857. The van der Waals surface area contributed by atoms with Gasteiger partial charge in [0.1, 0.15) is 5.56 Å². The first kappa shape index (κ1) is 16.2. The van der Waals surface area contributed by atoms with Crippen LogP contribution in [0.25, 0.3) is 10.9 Å². The molecule has 0 radical (unpaired) electrons. The van der Waals surface area contributed by atoms with Gasteiger partial charge in [-0.2, -0.15) is 0 Å². The van der Waals surface area contributed by atoms with Crippen LogP contribution in [0.3, 0.4) is 0 Å². The molecule has 118 valence electrons. The Kier molecular flexibility index (Phi) is 5.72. The number of para-hydroxylation sites is 1. The van der Waals surface area contributed by atoms with Crippen molar-refractivity contribution in [1.29, 1.82) is 0 Å². The minimum Gasteiger partial charge on any atom is -0.376 e. The van der Waals surface area contributed by atoms with Gasteiger partial charge in [0.2, 0.25) is 5.43 Å². The van der Waals surface area contributed by atoms with Gasteiger partial charge in [0.05, 0.1) is 6.10 Å². The average Bonchev–Trinajstić information content (AvgIpc) is 3.09. The maximum absolute atomic E-state index is 12.3. The standard InChI is InChI=1S/C15H16N2O3.C2H6/c18-14-11-5-1-2-6-13(11)16-9-12(14)15(19)17-8-10-4-3-7-20-10;1-2/h1-2,5-6,9-10H,3-4,7-8H2,(H,16,18)(H,17,19);1-2H3. The van der Waals surface area contributed by atoms with E-state index in [9.17, 15) is 9.59 Å². The molecule has 0 bridgehead atoms. The van der Waals surface area contributed by atoms with Gasteiger partial charge < -0.3 is 15.0 Å². The Hall–Kier alpha value is -2.14. The fourth-order valence-electron chi connectivity index (χ4n) is 2.44. The van der Waals surface area contributed by atoms with Crippen molar-refractivity contribution in [2.75, 3.05) is 13.2 Å². The summed E-state index contributed by atoms with van der Waals surface area (Å²) in [6.07, 6.45) is 3.51. The molecule has 1 aliphatic heterocycles. The fraction of sp³-hybridized carbons (Fsp3) is 0.412. The third kappa shape index (κ3) is 3.54. The van der Waals surface area contributed by atoms with Crippen LogP contribution in [-0.4, -0.2) is 30.1 Å². The summed E-state index contributed by atoms with van der Waals surface area (Å²) in [6, 6.07) is 7.15. The first-order chi connectivity index (χ1) is 10.8. The zero-order valence-electron chi connectivity index (χ0n) is 13.0. The Morgan fingerprint density at radius 3 is 2.86 bits per heavy atom. The number of aromatic amines is 1. The molecule has 1 amide bonds. The highest BCUT2D eigenvalue weighted by atomic mass is 16.5. The highest BCUT2D eigenvalue weighted by Crippen LogP contribution is 2.11. The first-order valence-corrected chi connectivity index (χ1v) is 7.76. The van der Waals surface area contributed by atoms with Gasteiger partial charge in [-0.1, -0.05) is 26.0 Å². The van der Waals surface area contributed by atoms with Crippen LogP contribution in [-0.2, 0) is 4.74 Å². The van der Waals surface area contributed by atoms with Crippen LogP contribution in [0.1, 0.15) is 37.0 Å². The van der Waals surface area contributed by atoms with E-state index in [-0.39, 0.29) is 23.0 Å². The van der Waals surface area contributed by atoms with Crippen LogP contribution in [0, 0.1) is 0 Å². The third-order valence-electron chi connectivity index (χ3n) is 3.55. The Balaban J connectivity index is 0.000000847. The Labute approximate surface area is 129 Å². The number of carbonyl (C=O) groups is 1. The Morgan fingerprint density at radius 2 is 2.14 bits per heavy atom. The second-order valence-corrected chi connectivity index (χ2v) is 4.92. The molecule has 0 spiro atoms. The SMILES string of the molecule is CC.O=C(NCC1CCCO1)c1c[nH]c2ccccc2c1=O. The molecule has 1 aromatic heterocycles. The number of amides is 1. The number of ether oxygens (including phenoxy) is 1. The van der Waals surface area contributed by atoms with E-state index in [1.54, 1.807) is 12.1 Å². The van der Waals surface area contributed by atoms with Crippen molar-refractivity contribution < 1.29 is 9.53 Å². The van der Waals surface area contributed by atoms with E-state index in [0.717, 1.165) is 25.0 Å². The summed E-state index contributed by atoms with van der Waals surface area (Å²) in [6.45, 7) is 5.20. The number of fused-ring (bicyclic) bond motifs is 1. The van der Waals surface area contributed by atoms with E-state index < -0.39 is 0 Å². The summed E-state index contributed by atoms with van der Waals surface area (Å²) in [5, 5.41) is 3.29. The molecule has 2 heterocycles. The lowest BCUT2D eigenvalue weighted by atomic mass is 10.1. The topological polar surface area (TPSA) is 71.2 Å². The summed E-state index contributed by atoms with van der Waals surface area (Å²) in [7, 11) is 0. The number of rotatable bonds is 3. The normalized spacial score (nSPS) is 16.9. The fourth-order valence-corrected chi connectivity index (χ4v) is 2.44. The van der Waals surface area contributed by atoms with Gasteiger partial charge >= 0.3 is 0 Å². The molecule has 1 aromatic carbocycles. The third-order valence-corrected chi connectivity index (χ3v) is 3.55. The van der Waals surface area contributed by atoms with Crippen LogP contribution in [0.4, 0.5) is 0 Å². The van der Waals surface area contributed by atoms with Gasteiger partial charge in [-0.05, 0) is 25.0 Å². The number of pyridine rings is 1. The molecule has 1 atom stereocenters. The summed E-state index contributed by atoms with van der Waals surface area (Å²) in [4.78, 5) is 27.3. The molecule has 1 fully saturated rings. The number of hydrogen-bond donors (Lipinski definition) is 2. The monoisotopic (exact) mass is 302 g/mol. The maximum Gasteiger partial charge on any atom is 0.256 e. The van der Waals surface area contributed by atoms with Crippen molar-refractivity contribution in [1.82, 2.24) is 10.3 Å². The second kappa shape index (κ2) is 7.75. The minimum absolute atomic E-state index is 0.0680. The van der Waals surface area contributed by atoms with Gasteiger partial charge in [0.25, 0.3) is 5.91 Å². The van der Waals surface area contributed by atoms with Gasteiger partial charge in [0, 0.05) is 30.3 Å². The lowest BCUT2D eigenvalue weighted by Crippen LogP contribution is -2.34. The summed E-state index contributed by atoms with van der Waals surface area (Å²) < 4.78 is 5.44. The second-order valence-electron chi connectivity index (χ2n) is 4.92. The molecule has 3 rings (SSSR count). The van der Waals surface area contributed by atoms with Crippen molar-refractivity contribution in [3.8, 4) is 0 Å². The van der Waals surface area contributed by atoms with Crippen molar-refractivity contribution in [3.05, 3.63) is 46.2 Å². The molecular formula is C17H22N2O3. The number of hydrogen-bond acceptors (Lipinski definition) is 3. The molecule has 22 heavy (non-hydrogen) atoms. The molecule has 0 aliphatic carbocycles.